The van der Waals surface area contributed by atoms with E-state index in [0.717, 1.165) is 12.5 Å². The third-order valence-corrected chi connectivity index (χ3v) is 3.86. The first kappa shape index (κ1) is 22.6. The van der Waals surface area contributed by atoms with Gasteiger partial charge in [-0.2, -0.15) is 11.8 Å². The normalized spacial score (nSPS) is 12.7. The third kappa shape index (κ3) is 14.8. The Kier molecular flexibility index (Phi) is 19.7. The van der Waals surface area contributed by atoms with Crippen LogP contribution in [-0.2, 0) is 0 Å². The highest BCUT2D eigenvalue weighted by molar-refractivity contribution is 14.0. The zero-order valence-corrected chi connectivity index (χ0v) is 16.9. The van der Waals surface area contributed by atoms with Gasteiger partial charge >= 0.3 is 0 Å². The molecule has 122 valence electrons. The molecule has 1 unspecified atom stereocenters. The van der Waals surface area contributed by atoms with E-state index in [9.17, 15) is 0 Å². The molecular formula is C15H34IN3S. The first-order valence-corrected chi connectivity index (χ1v) is 9.10. The Labute approximate surface area is 147 Å². The second kappa shape index (κ2) is 17.4. The van der Waals surface area contributed by atoms with Crippen LogP contribution in [0.5, 0.6) is 0 Å². The van der Waals surface area contributed by atoms with Crippen LogP contribution in [0.15, 0.2) is 4.99 Å². The second-order valence-corrected chi connectivity index (χ2v) is 6.08. The molecule has 0 spiro atoms. The molecule has 20 heavy (non-hydrogen) atoms. The van der Waals surface area contributed by atoms with E-state index in [1.807, 2.05) is 18.8 Å². The van der Waals surface area contributed by atoms with Crippen LogP contribution in [0.2, 0.25) is 0 Å². The molecule has 0 aliphatic heterocycles. The fourth-order valence-corrected chi connectivity index (χ4v) is 2.45. The number of nitrogens with zero attached hydrogens (tertiary/aromatic N) is 1. The summed E-state index contributed by atoms with van der Waals surface area (Å²) < 4.78 is 0. The quantitative estimate of drug-likeness (QED) is 0.229. The molecular weight excluding hydrogens is 381 g/mol. The smallest absolute Gasteiger partial charge is 0.191 e. The number of halogens is 1. The summed E-state index contributed by atoms with van der Waals surface area (Å²) in [6, 6.07) is 0.509. The van der Waals surface area contributed by atoms with Crippen molar-refractivity contribution in [2.45, 2.75) is 64.8 Å². The Hall–Kier alpha value is 0.350. The van der Waals surface area contributed by atoms with Crippen molar-refractivity contribution in [2.24, 2.45) is 4.99 Å². The van der Waals surface area contributed by atoms with Crippen LogP contribution < -0.4 is 10.6 Å². The van der Waals surface area contributed by atoms with Gasteiger partial charge in [-0.25, -0.2) is 0 Å². The van der Waals surface area contributed by atoms with Crippen LogP contribution in [0.3, 0.4) is 0 Å². The molecule has 0 aromatic rings. The van der Waals surface area contributed by atoms with Crippen LogP contribution in [0.4, 0.5) is 0 Å². The van der Waals surface area contributed by atoms with Gasteiger partial charge in [-0.15, -0.1) is 24.0 Å². The van der Waals surface area contributed by atoms with Gasteiger partial charge in [0, 0.05) is 19.6 Å². The molecule has 0 amide bonds. The molecule has 0 saturated heterocycles. The second-order valence-electron chi connectivity index (χ2n) is 5.09. The van der Waals surface area contributed by atoms with Gasteiger partial charge in [-0.1, -0.05) is 32.6 Å². The number of guanidine groups is 1. The SMILES string of the molecule is CCCCCCC(C)NC(=NC)NCCCCSC.I. The number of nitrogens with one attached hydrogen (secondary N) is 2. The van der Waals surface area contributed by atoms with E-state index in [-0.39, 0.29) is 24.0 Å². The topological polar surface area (TPSA) is 36.4 Å². The summed E-state index contributed by atoms with van der Waals surface area (Å²) in [6.07, 6.45) is 11.2. The fourth-order valence-electron chi connectivity index (χ4n) is 1.96. The molecule has 0 bridgehead atoms. The highest BCUT2D eigenvalue weighted by Gasteiger charge is 2.04. The Morgan fingerprint density at radius 1 is 1.15 bits per heavy atom. The minimum Gasteiger partial charge on any atom is -0.356 e. The van der Waals surface area contributed by atoms with Gasteiger partial charge < -0.3 is 10.6 Å². The third-order valence-electron chi connectivity index (χ3n) is 3.17. The van der Waals surface area contributed by atoms with Crippen molar-refractivity contribution in [1.29, 1.82) is 0 Å². The Morgan fingerprint density at radius 2 is 1.90 bits per heavy atom. The maximum absolute atomic E-state index is 4.28. The molecule has 0 saturated carbocycles. The van der Waals surface area contributed by atoms with Crippen molar-refractivity contribution < 1.29 is 0 Å². The molecule has 0 fully saturated rings. The van der Waals surface area contributed by atoms with E-state index in [1.165, 1.54) is 50.7 Å². The van der Waals surface area contributed by atoms with E-state index in [0.29, 0.717) is 6.04 Å². The van der Waals surface area contributed by atoms with Gasteiger partial charge in [0.2, 0.25) is 0 Å². The molecule has 0 radical (unpaired) electrons. The van der Waals surface area contributed by atoms with Crippen LogP contribution in [0.25, 0.3) is 0 Å². The summed E-state index contributed by atoms with van der Waals surface area (Å²) in [5, 5.41) is 6.86. The maximum atomic E-state index is 4.28. The molecule has 0 aromatic heterocycles. The molecule has 0 aromatic carbocycles. The average molecular weight is 415 g/mol. The Morgan fingerprint density at radius 3 is 2.50 bits per heavy atom. The Bertz CT molecular complexity index is 225. The first-order valence-electron chi connectivity index (χ1n) is 7.70. The van der Waals surface area contributed by atoms with Gasteiger partial charge in [-0.3, -0.25) is 4.99 Å². The number of hydrogen-bond donors (Lipinski definition) is 2. The van der Waals surface area contributed by atoms with Crippen molar-refractivity contribution in [3.8, 4) is 0 Å². The number of aliphatic imine (C=N–C) groups is 1. The maximum Gasteiger partial charge on any atom is 0.191 e. The number of rotatable bonds is 11. The number of hydrogen-bond acceptors (Lipinski definition) is 2. The fraction of sp³-hybridized carbons (Fsp3) is 0.933. The molecule has 1 atom stereocenters. The van der Waals surface area contributed by atoms with Gasteiger partial charge in [0.1, 0.15) is 0 Å². The predicted octanol–water partition coefficient (Wildman–Crippen LogP) is 4.27. The summed E-state index contributed by atoms with van der Waals surface area (Å²) >= 11 is 1.92. The number of thioether (sulfide) groups is 1. The molecule has 0 aliphatic rings. The summed E-state index contributed by atoms with van der Waals surface area (Å²) in [6.45, 7) is 5.51. The summed E-state index contributed by atoms with van der Waals surface area (Å²) in [4.78, 5) is 4.28. The molecule has 0 heterocycles. The molecule has 3 nitrogen and oxygen atoms in total. The van der Waals surface area contributed by atoms with Gasteiger partial charge in [0.25, 0.3) is 0 Å². The van der Waals surface area contributed by atoms with E-state index < -0.39 is 0 Å². The standard InChI is InChI=1S/C15H33N3S.HI/c1-5-6-7-8-11-14(2)18-15(16-3)17-12-9-10-13-19-4;/h14H,5-13H2,1-4H3,(H2,16,17,18);1H. The van der Waals surface area contributed by atoms with E-state index in [1.54, 1.807) is 0 Å². The Balaban J connectivity index is 0. The lowest BCUT2D eigenvalue weighted by molar-refractivity contribution is 0.536. The summed E-state index contributed by atoms with van der Waals surface area (Å²) in [5.74, 6) is 2.20. The van der Waals surface area contributed by atoms with Crippen molar-refractivity contribution in [3.05, 3.63) is 0 Å². The van der Waals surface area contributed by atoms with Crippen molar-refractivity contribution in [2.75, 3.05) is 25.6 Å². The lowest BCUT2D eigenvalue weighted by Crippen LogP contribution is -2.42. The predicted molar refractivity (Wildman–Crippen MR) is 106 cm³/mol. The van der Waals surface area contributed by atoms with Crippen molar-refractivity contribution in [3.63, 3.8) is 0 Å². The molecule has 0 aliphatic carbocycles. The van der Waals surface area contributed by atoms with Crippen LogP contribution in [0, 0.1) is 0 Å². The summed E-state index contributed by atoms with van der Waals surface area (Å²) in [5.41, 5.74) is 0. The lowest BCUT2D eigenvalue weighted by atomic mass is 10.1. The molecule has 0 rings (SSSR count). The van der Waals surface area contributed by atoms with E-state index in [4.69, 9.17) is 0 Å². The van der Waals surface area contributed by atoms with Crippen molar-refractivity contribution >= 4 is 41.7 Å². The van der Waals surface area contributed by atoms with Gasteiger partial charge in [-0.05, 0) is 38.2 Å². The largest absolute Gasteiger partial charge is 0.356 e. The van der Waals surface area contributed by atoms with E-state index in [2.05, 4.69) is 35.7 Å². The zero-order chi connectivity index (χ0) is 14.3. The number of unbranched alkanes of at least 4 members (excludes halogenated alkanes) is 4. The highest BCUT2D eigenvalue weighted by Crippen LogP contribution is 2.05. The summed E-state index contributed by atoms with van der Waals surface area (Å²) in [7, 11) is 1.85. The monoisotopic (exact) mass is 415 g/mol. The molecule has 2 N–H and O–H groups in total. The van der Waals surface area contributed by atoms with Gasteiger partial charge in [0.15, 0.2) is 5.96 Å². The van der Waals surface area contributed by atoms with Crippen LogP contribution in [-0.4, -0.2) is 37.6 Å². The average Bonchev–Trinajstić information content (AvgIpc) is 2.42. The minimum atomic E-state index is 0. The first-order chi connectivity index (χ1) is 9.24. The highest BCUT2D eigenvalue weighted by atomic mass is 127. The van der Waals surface area contributed by atoms with E-state index >= 15 is 0 Å². The van der Waals surface area contributed by atoms with Crippen molar-refractivity contribution in [1.82, 2.24) is 10.6 Å². The van der Waals surface area contributed by atoms with Crippen LogP contribution in [0.1, 0.15) is 58.8 Å². The lowest BCUT2D eigenvalue weighted by Gasteiger charge is -2.17. The zero-order valence-electron chi connectivity index (χ0n) is 13.7. The minimum absolute atomic E-state index is 0. The van der Waals surface area contributed by atoms with Crippen LogP contribution >= 0.6 is 35.7 Å². The van der Waals surface area contributed by atoms with Gasteiger partial charge in [0.05, 0.1) is 0 Å². The molecule has 5 heteroatoms.